The number of ether oxygens (including phenoxy) is 1. The van der Waals surface area contributed by atoms with Gasteiger partial charge in [0.15, 0.2) is 6.61 Å². The number of amides is 2. The fraction of sp³-hybridized carbons (Fsp3) is 0.176. The lowest BCUT2D eigenvalue weighted by molar-refractivity contribution is -0.118. The third kappa shape index (κ3) is 4.63. The Morgan fingerprint density at radius 3 is 2.55 bits per heavy atom. The molecule has 0 atom stereocenters. The number of carbonyl (C=O) groups excluding carboxylic acids is 2. The van der Waals surface area contributed by atoms with Crippen molar-refractivity contribution in [3.05, 3.63) is 60.2 Å². The van der Waals surface area contributed by atoms with Crippen LogP contribution in [0.1, 0.15) is 17.3 Å². The van der Waals surface area contributed by atoms with Crippen LogP contribution < -0.4 is 15.4 Å². The molecule has 0 saturated heterocycles. The Bertz CT molecular complexity index is 641. The summed E-state index contributed by atoms with van der Waals surface area (Å²) in [4.78, 5) is 23.6. The number of carbonyl (C=O) groups is 2. The fourth-order valence-corrected chi connectivity index (χ4v) is 1.86. The number of benzene rings is 2. The van der Waals surface area contributed by atoms with Crippen LogP contribution in [0.4, 0.5) is 5.69 Å². The van der Waals surface area contributed by atoms with Gasteiger partial charge in [-0.1, -0.05) is 24.3 Å². The molecular formula is C17H18N2O3. The molecule has 2 rings (SSSR count). The van der Waals surface area contributed by atoms with E-state index in [1.807, 2.05) is 25.1 Å². The first kappa shape index (κ1) is 15.6. The van der Waals surface area contributed by atoms with Crippen LogP contribution in [0.3, 0.4) is 0 Å². The van der Waals surface area contributed by atoms with Crippen LogP contribution in [0.2, 0.25) is 0 Å². The van der Waals surface area contributed by atoms with Gasteiger partial charge < -0.3 is 15.4 Å². The van der Waals surface area contributed by atoms with Gasteiger partial charge in [-0.3, -0.25) is 9.59 Å². The SMILES string of the molecule is CCNC(=O)c1cccc(NC(=O)COc2ccccc2)c1. The molecule has 2 amide bonds. The maximum absolute atomic E-state index is 11.9. The lowest BCUT2D eigenvalue weighted by Gasteiger charge is -2.09. The highest BCUT2D eigenvalue weighted by Gasteiger charge is 2.07. The van der Waals surface area contributed by atoms with Gasteiger partial charge in [0.1, 0.15) is 5.75 Å². The average Bonchev–Trinajstić information content (AvgIpc) is 2.54. The Kier molecular flexibility index (Phi) is 5.54. The zero-order chi connectivity index (χ0) is 15.8. The molecule has 0 fully saturated rings. The van der Waals surface area contributed by atoms with Gasteiger partial charge in [-0.25, -0.2) is 0 Å². The predicted molar refractivity (Wildman–Crippen MR) is 85.0 cm³/mol. The minimum absolute atomic E-state index is 0.0879. The molecule has 0 unspecified atom stereocenters. The summed E-state index contributed by atoms with van der Waals surface area (Å²) in [6.45, 7) is 2.32. The van der Waals surface area contributed by atoms with Crippen LogP contribution in [0, 0.1) is 0 Å². The minimum Gasteiger partial charge on any atom is -0.484 e. The summed E-state index contributed by atoms with van der Waals surface area (Å²) >= 11 is 0. The number of hydrogen-bond acceptors (Lipinski definition) is 3. The van der Waals surface area contributed by atoms with Crippen molar-refractivity contribution < 1.29 is 14.3 Å². The monoisotopic (exact) mass is 298 g/mol. The topological polar surface area (TPSA) is 67.4 Å². The summed E-state index contributed by atoms with van der Waals surface area (Å²) in [5.41, 5.74) is 1.06. The Morgan fingerprint density at radius 1 is 1.05 bits per heavy atom. The molecule has 0 bridgehead atoms. The highest BCUT2D eigenvalue weighted by Crippen LogP contribution is 2.11. The van der Waals surface area contributed by atoms with Gasteiger partial charge in [-0.15, -0.1) is 0 Å². The van der Waals surface area contributed by atoms with E-state index < -0.39 is 0 Å². The standard InChI is InChI=1S/C17H18N2O3/c1-2-18-17(21)13-7-6-8-14(11-13)19-16(20)12-22-15-9-4-3-5-10-15/h3-11H,2,12H2,1H3,(H,18,21)(H,19,20). The van der Waals surface area contributed by atoms with Gasteiger partial charge in [-0.2, -0.15) is 0 Å². The van der Waals surface area contributed by atoms with E-state index in [1.165, 1.54) is 0 Å². The molecule has 114 valence electrons. The maximum Gasteiger partial charge on any atom is 0.262 e. The molecule has 2 N–H and O–H groups in total. The molecule has 5 nitrogen and oxygen atoms in total. The number of hydrogen-bond donors (Lipinski definition) is 2. The molecule has 2 aromatic carbocycles. The van der Waals surface area contributed by atoms with E-state index in [-0.39, 0.29) is 18.4 Å². The average molecular weight is 298 g/mol. The number of rotatable bonds is 6. The van der Waals surface area contributed by atoms with Gasteiger partial charge in [0.05, 0.1) is 0 Å². The predicted octanol–water partition coefficient (Wildman–Crippen LogP) is 2.45. The zero-order valence-electron chi connectivity index (χ0n) is 12.3. The molecule has 5 heteroatoms. The van der Waals surface area contributed by atoms with Crippen molar-refractivity contribution in [2.24, 2.45) is 0 Å². The lowest BCUT2D eigenvalue weighted by Crippen LogP contribution is -2.23. The van der Waals surface area contributed by atoms with Crippen LogP contribution in [-0.2, 0) is 4.79 Å². The second kappa shape index (κ2) is 7.83. The summed E-state index contributed by atoms with van der Waals surface area (Å²) in [5.74, 6) is 0.185. The molecule has 0 aromatic heterocycles. The Hall–Kier alpha value is -2.82. The van der Waals surface area contributed by atoms with Crippen LogP contribution in [0.25, 0.3) is 0 Å². The van der Waals surface area contributed by atoms with E-state index in [2.05, 4.69) is 10.6 Å². The first-order valence-electron chi connectivity index (χ1n) is 7.05. The third-order valence-corrected chi connectivity index (χ3v) is 2.86. The smallest absolute Gasteiger partial charge is 0.262 e. The van der Waals surface area contributed by atoms with Crippen LogP contribution in [0.15, 0.2) is 54.6 Å². The van der Waals surface area contributed by atoms with Crippen molar-refractivity contribution in [1.82, 2.24) is 5.32 Å². The van der Waals surface area contributed by atoms with E-state index in [0.717, 1.165) is 0 Å². The second-order valence-electron chi connectivity index (χ2n) is 4.59. The van der Waals surface area contributed by atoms with Crippen LogP contribution in [-0.4, -0.2) is 25.0 Å². The Balaban J connectivity index is 1.91. The first-order chi connectivity index (χ1) is 10.7. The van der Waals surface area contributed by atoms with Crippen molar-refractivity contribution in [2.75, 3.05) is 18.5 Å². The van der Waals surface area contributed by atoms with E-state index in [9.17, 15) is 9.59 Å². The second-order valence-corrected chi connectivity index (χ2v) is 4.59. The Morgan fingerprint density at radius 2 is 1.82 bits per heavy atom. The van der Waals surface area contributed by atoms with Gasteiger partial charge in [0.2, 0.25) is 0 Å². The van der Waals surface area contributed by atoms with E-state index >= 15 is 0 Å². The van der Waals surface area contributed by atoms with E-state index in [0.29, 0.717) is 23.5 Å². The van der Waals surface area contributed by atoms with Crippen LogP contribution >= 0.6 is 0 Å². The first-order valence-corrected chi connectivity index (χ1v) is 7.05. The van der Waals surface area contributed by atoms with Crippen molar-refractivity contribution in [3.63, 3.8) is 0 Å². The largest absolute Gasteiger partial charge is 0.484 e. The highest BCUT2D eigenvalue weighted by molar-refractivity contribution is 5.97. The fourth-order valence-electron chi connectivity index (χ4n) is 1.86. The summed E-state index contributed by atoms with van der Waals surface area (Å²) in [6.07, 6.45) is 0. The molecule has 22 heavy (non-hydrogen) atoms. The summed E-state index contributed by atoms with van der Waals surface area (Å²) in [7, 11) is 0. The number of nitrogens with one attached hydrogen (secondary N) is 2. The zero-order valence-corrected chi connectivity index (χ0v) is 12.3. The molecule has 0 heterocycles. The lowest BCUT2D eigenvalue weighted by atomic mass is 10.2. The minimum atomic E-state index is -0.281. The molecule has 0 aliphatic rings. The van der Waals surface area contributed by atoms with Crippen molar-refractivity contribution in [1.29, 1.82) is 0 Å². The third-order valence-electron chi connectivity index (χ3n) is 2.86. The summed E-state index contributed by atoms with van der Waals surface area (Å²) in [6, 6.07) is 15.9. The molecule has 0 spiro atoms. The maximum atomic E-state index is 11.9. The molecular weight excluding hydrogens is 280 g/mol. The van der Waals surface area contributed by atoms with E-state index in [1.54, 1.807) is 36.4 Å². The van der Waals surface area contributed by atoms with Gasteiger partial charge in [0.25, 0.3) is 11.8 Å². The van der Waals surface area contributed by atoms with Crippen molar-refractivity contribution in [2.45, 2.75) is 6.92 Å². The molecule has 0 radical (unpaired) electrons. The van der Waals surface area contributed by atoms with Gasteiger partial charge in [-0.05, 0) is 37.3 Å². The summed E-state index contributed by atoms with van der Waals surface area (Å²) < 4.78 is 5.36. The number of para-hydroxylation sites is 1. The van der Waals surface area contributed by atoms with Gasteiger partial charge in [0, 0.05) is 17.8 Å². The van der Waals surface area contributed by atoms with Crippen molar-refractivity contribution in [3.8, 4) is 5.75 Å². The highest BCUT2D eigenvalue weighted by atomic mass is 16.5. The van der Waals surface area contributed by atoms with Gasteiger partial charge >= 0.3 is 0 Å². The van der Waals surface area contributed by atoms with Crippen LogP contribution in [0.5, 0.6) is 5.75 Å². The van der Waals surface area contributed by atoms with Crippen molar-refractivity contribution >= 4 is 17.5 Å². The normalized spacial score (nSPS) is 9.86. The number of anilines is 1. The van der Waals surface area contributed by atoms with E-state index in [4.69, 9.17) is 4.74 Å². The molecule has 0 aliphatic carbocycles. The Labute approximate surface area is 129 Å². The molecule has 0 aliphatic heterocycles. The molecule has 0 saturated carbocycles. The quantitative estimate of drug-likeness (QED) is 0.861. The molecule has 2 aromatic rings. The summed E-state index contributed by atoms with van der Waals surface area (Å²) in [5, 5.41) is 5.42.